The normalized spacial score (nSPS) is 23.2. The molecule has 1 heterocycles. The number of rotatable bonds is 7. The van der Waals surface area contributed by atoms with E-state index in [-0.39, 0.29) is 24.3 Å². The zero-order chi connectivity index (χ0) is 16.7. The first-order chi connectivity index (χ1) is 11.1. The van der Waals surface area contributed by atoms with Gasteiger partial charge in [0, 0.05) is 25.7 Å². The van der Waals surface area contributed by atoms with Gasteiger partial charge >= 0.3 is 5.97 Å². The van der Waals surface area contributed by atoms with Gasteiger partial charge in [-0.15, -0.1) is 0 Å². The molecule has 1 saturated carbocycles. The molecule has 0 radical (unpaired) electrons. The van der Waals surface area contributed by atoms with Gasteiger partial charge in [0.05, 0.1) is 5.92 Å². The van der Waals surface area contributed by atoms with Crippen LogP contribution in [0, 0.1) is 23.7 Å². The summed E-state index contributed by atoms with van der Waals surface area (Å²) in [7, 11) is 0. The van der Waals surface area contributed by atoms with Gasteiger partial charge in [-0.3, -0.25) is 9.59 Å². The van der Waals surface area contributed by atoms with Crippen LogP contribution in [0.5, 0.6) is 0 Å². The Morgan fingerprint density at radius 1 is 1.13 bits per heavy atom. The van der Waals surface area contributed by atoms with Gasteiger partial charge in [-0.25, -0.2) is 0 Å². The fourth-order valence-electron chi connectivity index (χ4n) is 3.99. The minimum absolute atomic E-state index is 0.00822. The maximum atomic E-state index is 12.3. The van der Waals surface area contributed by atoms with E-state index in [1.165, 1.54) is 32.1 Å². The Bertz CT molecular complexity index is 386. The fourth-order valence-corrected chi connectivity index (χ4v) is 3.99. The Kier molecular flexibility index (Phi) is 7.34. The summed E-state index contributed by atoms with van der Waals surface area (Å²) in [6.45, 7) is 3.46. The van der Waals surface area contributed by atoms with Crippen LogP contribution in [-0.2, 0) is 14.3 Å². The standard InChI is InChI=1S/C18H31NO4/c1-13(11-14-5-3-2-4-6-14)17(20)19-12-16(18(21)22)15-7-9-23-10-8-15/h13-16H,2-12H2,1H3,(H,19,20)(H,21,22). The second-order valence-electron chi connectivity index (χ2n) is 7.28. The second kappa shape index (κ2) is 9.26. The molecule has 2 unspecified atom stereocenters. The quantitative estimate of drug-likeness (QED) is 0.755. The van der Waals surface area contributed by atoms with Crippen LogP contribution >= 0.6 is 0 Å². The monoisotopic (exact) mass is 325 g/mol. The number of hydrogen-bond acceptors (Lipinski definition) is 3. The Hall–Kier alpha value is -1.10. The molecule has 2 atom stereocenters. The lowest BCUT2D eigenvalue weighted by molar-refractivity contribution is -0.145. The Morgan fingerprint density at radius 2 is 1.78 bits per heavy atom. The predicted octanol–water partition coefficient (Wildman–Crippen LogP) is 2.84. The van der Waals surface area contributed by atoms with Crippen LogP contribution in [-0.4, -0.2) is 36.7 Å². The van der Waals surface area contributed by atoms with Crippen molar-refractivity contribution in [1.29, 1.82) is 0 Å². The lowest BCUT2D eigenvalue weighted by Gasteiger charge is -2.28. The van der Waals surface area contributed by atoms with E-state index in [4.69, 9.17) is 4.74 Å². The average molecular weight is 325 g/mol. The molecule has 1 aliphatic carbocycles. The number of carbonyl (C=O) groups is 2. The van der Waals surface area contributed by atoms with E-state index in [9.17, 15) is 14.7 Å². The third kappa shape index (κ3) is 5.79. The summed E-state index contributed by atoms with van der Waals surface area (Å²) in [5.41, 5.74) is 0. The van der Waals surface area contributed by atoms with Crippen molar-refractivity contribution >= 4 is 11.9 Å². The molecular formula is C18H31NO4. The summed E-state index contributed by atoms with van der Waals surface area (Å²) in [6.07, 6.45) is 8.82. The van der Waals surface area contributed by atoms with E-state index in [1.54, 1.807) is 0 Å². The van der Waals surface area contributed by atoms with Crippen LogP contribution in [0.25, 0.3) is 0 Å². The van der Waals surface area contributed by atoms with Crippen LogP contribution in [0.4, 0.5) is 0 Å². The Labute approximate surface area is 139 Å². The number of carbonyl (C=O) groups excluding carboxylic acids is 1. The van der Waals surface area contributed by atoms with Gasteiger partial charge in [0.2, 0.25) is 5.91 Å². The highest BCUT2D eigenvalue weighted by atomic mass is 16.5. The topological polar surface area (TPSA) is 75.6 Å². The molecule has 1 amide bonds. The molecule has 2 fully saturated rings. The van der Waals surface area contributed by atoms with Crippen molar-refractivity contribution in [2.24, 2.45) is 23.7 Å². The van der Waals surface area contributed by atoms with Crippen LogP contribution in [0.2, 0.25) is 0 Å². The molecule has 5 heteroatoms. The SMILES string of the molecule is CC(CC1CCCCC1)C(=O)NCC(C(=O)O)C1CCOCC1. The Balaban J connectivity index is 1.76. The molecule has 2 aliphatic rings. The number of carboxylic acid groups (broad SMARTS) is 1. The predicted molar refractivity (Wildman–Crippen MR) is 88.0 cm³/mol. The van der Waals surface area contributed by atoms with E-state index < -0.39 is 11.9 Å². The smallest absolute Gasteiger partial charge is 0.308 e. The van der Waals surface area contributed by atoms with Crippen molar-refractivity contribution in [2.75, 3.05) is 19.8 Å². The molecule has 1 saturated heterocycles. The van der Waals surface area contributed by atoms with Gasteiger partial charge in [-0.1, -0.05) is 39.0 Å². The van der Waals surface area contributed by atoms with Crippen molar-refractivity contribution in [3.8, 4) is 0 Å². The number of ether oxygens (including phenoxy) is 1. The molecule has 132 valence electrons. The number of aliphatic carboxylic acids is 1. The van der Waals surface area contributed by atoms with Gasteiger partial charge in [0.1, 0.15) is 0 Å². The summed E-state index contributed by atoms with van der Waals surface area (Å²) in [6, 6.07) is 0. The molecule has 0 aromatic carbocycles. The largest absolute Gasteiger partial charge is 0.481 e. The summed E-state index contributed by atoms with van der Waals surface area (Å²) in [5.74, 6) is -0.552. The van der Waals surface area contributed by atoms with Crippen molar-refractivity contribution in [1.82, 2.24) is 5.32 Å². The maximum Gasteiger partial charge on any atom is 0.308 e. The Morgan fingerprint density at radius 3 is 2.39 bits per heavy atom. The molecule has 0 aromatic heterocycles. The second-order valence-corrected chi connectivity index (χ2v) is 7.28. The molecular weight excluding hydrogens is 294 g/mol. The minimum atomic E-state index is -0.808. The molecule has 0 aromatic rings. The summed E-state index contributed by atoms with van der Waals surface area (Å²) < 4.78 is 5.30. The lowest BCUT2D eigenvalue weighted by Crippen LogP contribution is -2.40. The summed E-state index contributed by atoms with van der Waals surface area (Å²) >= 11 is 0. The van der Waals surface area contributed by atoms with Crippen molar-refractivity contribution in [3.63, 3.8) is 0 Å². The molecule has 5 nitrogen and oxygen atoms in total. The van der Waals surface area contributed by atoms with E-state index in [1.807, 2.05) is 6.92 Å². The van der Waals surface area contributed by atoms with Crippen LogP contribution in [0.1, 0.15) is 58.3 Å². The minimum Gasteiger partial charge on any atom is -0.481 e. The van der Waals surface area contributed by atoms with E-state index >= 15 is 0 Å². The maximum absolute atomic E-state index is 12.3. The highest BCUT2D eigenvalue weighted by Gasteiger charge is 2.30. The van der Waals surface area contributed by atoms with E-state index in [0.717, 1.165) is 19.3 Å². The molecule has 2 rings (SSSR count). The van der Waals surface area contributed by atoms with E-state index in [0.29, 0.717) is 19.1 Å². The highest BCUT2D eigenvalue weighted by molar-refractivity contribution is 5.79. The number of nitrogens with one attached hydrogen (secondary N) is 1. The molecule has 0 spiro atoms. The molecule has 23 heavy (non-hydrogen) atoms. The third-order valence-corrected chi connectivity index (χ3v) is 5.51. The molecule has 1 aliphatic heterocycles. The first-order valence-electron chi connectivity index (χ1n) is 9.16. The number of carboxylic acids is 1. The average Bonchev–Trinajstić information content (AvgIpc) is 2.56. The van der Waals surface area contributed by atoms with Gasteiger partial charge in [0.15, 0.2) is 0 Å². The lowest BCUT2D eigenvalue weighted by atomic mass is 9.83. The van der Waals surface area contributed by atoms with Crippen LogP contribution < -0.4 is 5.32 Å². The van der Waals surface area contributed by atoms with Crippen molar-refractivity contribution in [2.45, 2.75) is 58.3 Å². The van der Waals surface area contributed by atoms with Gasteiger partial charge in [-0.05, 0) is 31.1 Å². The van der Waals surface area contributed by atoms with E-state index in [2.05, 4.69) is 5.32 Å². The number of amides is 1. The zero-order valence-corrected chi connectivity index (χ0v) is 14.3. The summed E-state index contributed by atoms with van der Waals surface area (Å²) in [5, 5.41) is 12.3. The van der Waals surface area contributed by atoms with Crippen molar-refractivity contribution in [3.05, 3.63) is 0 Å². The first kappa shape index (κ1) is 18.2. The van der Waals surface area contributed by atoms with Gasteiger partial charge < -0.3 is 15.2 Å². The third-order valence-electron chi connectivity index (χ3n) is 5.51. The fraction of sp³-hybridized carbons (Fsp3) is 0.889. The van der Waals surface area contributed by atoms with Gasteiger partial charge in [-0.2, -0.15) is 0 Å². The van der Waals surface area contributed by atoms with Crippen molar-refractivity contribution < 1.29 is 19.4 Å². The summed E-state index contributed by atoms with van der Waals surface area (Å²) in [4.78, 5) is 23.8. The van der Waals surface area contributed by atoms with Gasteiger partial charge in [0.25, 0.3) is 0 Å². The first-order valence-corrected chi connectivity index (χ1v) is 9.16. The molecule has 2 N–H and O–H groups in total. The number of hydrogen-bond donors (Lipinski definition) is 2. The van der Waals surface area contributed by atoms with Crippen LogP contribution in [0.3, 0.4) is 0 Å². The zero-order valence-electron chi connectivity index (χ0n) is 14.3. The molecule has 0 bridgehead atoms. The highest BCUT2D eigenvalue weighted by Crippen LogP contribution is 2.29. The van der Waals surface area contributed by atoms with Crippen LogP contribution in [0.15, 0.2) is 0 Å².